The third kappa shape index (κ3) is 4.96. The van der Waals surface area contributed by atoms with Crippen molar-refractivity contribution < 1.29 is 24.2 Å². The fraction of sp³-hybridized carbons (Fsp3) is 0.172. The van der Waals surface area contributed by atoms with Crippen LogP contribution in [0.5, 0.6) is 11.5 Å². The number of fused-ring (bicyclic) bond motifs is 2. The molecule has 1 aromatic heterocycles. The molecule has 12 heteroatoms. The highest BCUT2D eigenvalue weighted by Crippen LogP contribution is 2.54. The van der Waals surface area contributed by atoms with Crippen LogP contribution in [0, 0.1) is 5.92 Å². The number of rotatable bonds is 6. The first-order chi connectivity index (χ1) is 19.7. The Morgan fingerprint density at radius 2 is 1.66 bits per heavy atom. The Morgan fingerprint density at radius 1 is 0.976 bits per heavy atom. The summed E-state index contributed by atoms with van der Waals surface area (Å²) in [5.41, 5.74) is 1.71. The number of thioether (sulfide) groups is 1. The van der Waals surface area contributed by atoms with E-state index in [-0.39, 0.29) is 29.0 Å². The lowest BCUT2D eigenvalue weighted by atomic mass is 9.83. The molecule has 3 aromatic carbocycles. The number of hydrogen-bond donors (Lipinski definition) is 2. The van der Waals surface area contributed by atoms with Gasteiger partial charge in [0.25, 0.3) is 0 Å². The number of thiazole rings is 1. The van der Waals surface area contributed by atoms with Gasteiger partial charge in [-0.2, -0.15) is 0 Å². The van der Waals surface area contributed by atoms with Crippen molar-refractivity contribution in [1.82, 2.24) is 4.57 Å². The predicted molar refractivity (Wildman–Crippen MR) is 160 cm³/mol. The summed E-state index contributed by atoms with van der Waals surface area (Å²) in [4.78, 5) is 55.5. The lowest BCUT2D eigenvalue weighted by molar-refractivity contribution is -0.122. The van der Waals surface area contributed by atoms with Crippen LogP contribution in [0.25, 0.3) is 0 Å². The summed E-state index contributed by atoms with van der Waals surface area (Å²) in [7, 11) is 1.54. The maximum Gasteiger partial charge on any atom is 0.308 e. The second kappa shape index (κ2) is 10.8. The van der Waals surface area contributed by atoms with E-state index >= 15 is 0 Å². The van der Waals surface area contributed by atoms with Gasteiger partial charge < -0.3 is 15.2 Å². The third-order valence-corrected chi connectivity index (χ3v) is 10.2. The van der Waals surface area contributed by atoms with Crippen molar-refractivity contribution in [3.05, 3.63) is 97.4 Å². The number of carbonyl (C=O) groups excluding carboxylic acids is 3. The number of benzene rings is 3. The number of nitrogens with zero attached hydrogens (tertiary/aromatic N) is 2. The largest absolute Gasteiger partial charge is 0.508 e. The Morgan fingerprint density at radius 3 is 2.32 bits per heavy atom. The van der Waals surface area contributed by atoms with Gasteiger partial charge in [0.1, 0.15) is 23.3 Å². The third-order valence-electron chi connectivity index (χ3n) is 7.06. The molecule has 0 aliphatic carbocycles. The van der Waals surface area contributed by atoms with Crippen molar-refractivity contribution >= 4 is 68.1 Å². The average molecular weight is 653 g/mol. The number of carbonyl (C=O) groups is 3. The van der Waals surface area contributed by atoms with E-state index in [1.54, 1.807) is 36.4 Å². The number of aromatic nitrogens is 1. The minimum Gasteiger partial charge on any atom is -0.508 e. The van der Waals surface area contributed by atoms with E-state index in [1.165, 1.54) is 28.7 Å². The van der Waals surface area contributed by atoms with E-state index in [0.29, 0.717) is 27.0 Å². The summed E-state index contributed by atoms with van der Waals surface area (Å²) < 4.78 is 7.45. The second-order valence-electron chi connectivity index (χ2n) is 9.52. The zero-order chi connectivity index (χ0) is 28.8. The number of halogens is 1. The molecule has 3 heterocycles. The van der Waals surface area contributed by atoms with Crippen LogP contribution in [0.3, 0.4) is 0 Å². The summed E-state index contributed by atoms with van der Waals surface area (Å²) >= 11 is 5.60. The van der Waals surface area contributed by atoms with Crippen LogP contribution >= 0.6 is 39.0 Å². The number of anilines is 2. The number of amides is 3. The van der Waals surface area contributed by atoms with Gasteiger partial charge in [0, 0.05) is 21.0 Å². The van der Waals surface area contributed by atoms with Crippen LogP contribution in [-0.4, -0.2) is 39.8 Å². The van der Waals surface area contributed by atoms with Crippen molar-refractivity contribution in [2.75, 3.05) is 17.3 Å². The van der Waals surface area contributed by atoms with Gasteiger partial charge in [0.2, 0.25) is 17.7 Å². The highest BCUT2D eigenvalue weighted by molar-refractivity contribution is 9.10. The van der Waals surface area contributed by atoms with E-state index < -0.39 is 23.0 Å². The highest BCUT2D eigenvalue weighted by atomic mass is 79.9. The lowest BCUT2D eigenvalue weighted by Crippen LogP contribution is -2.33. The van der Waals surface area contributed by atoms with Gasteiger partial charge in [0.15, 0.2) is 0 Å². The van der Waals surface area contributed by atoms with Gasteiger partial charge >= 0.3 is 4.87 Å². The van der Waals surface area contributed by atoms with E-state index in [0.717, 1.165) is 33.1 Å². The van der Waals surface area contributed by atoms with Crippen LogP contribution in [0.4, 0.5) is 11.4 Å². The Bertz CT molecular complexity index is 1720. The molecule has 0 bridgehead atoms. The molecule has 2 N–H and O–H groups in total. The Kier molecular flexibility index (Phi) is 7.22. The fourth-order valence-corrected chi connectivity index (χ4v) is 8.20. The summed E-state index contributed by atoms with van der Waals surface area (Å²) in [6.45, 7) is -0.271. The quantitative estimate of drug-likeness (QED) is 0.227. The van der Waals surface area contributed by atoms with Crippen molar-refractivity contribution in [3.63, 3.8) is 0 Å². The number of ether oxygens (including phenoxy) is 1. The van der Waals surface area contributed by atoms with Crippen LogP contribution in [0.15, 0.2) is 87.1 Å². The SMILES string of the molecule is COc1ccc(N2C(=O)[C@H]3[C@H](c4ccc(Br)cc4)c4sc(=O)n(CC(=O)Nc5ccc(O)cc5)c4S[C@H]3C2=O)cc1. The van der Waals surface area contributed by atoms with Crippen LogP contribution < -0.4 is 19.8 Å². The van der Waals surface area contributed by atoms with E-state index in [9.17, 15) is 24.3 Å². The molecule has 0 spiro atoms. The zero-order valence-electron chi connectivity index (χ0n) is 21.4. The molecule has 208 valence electrons. The van der Waals surface area contributed by atoms with Crippen molar-refractivity contribution in [1.29, 1.82) is 0 Å². The van der Waals surface area contributed by atoms with Crippen LogP contribution in [0.2, 0.25) is 0 Å². The lowest BCUT2D eigenvalue weighted by Gasteiger charge is -2.30. The molecule has 1 saturated heterocycles. The molecule has 9 nitrogen and oxygen atoms in total. The molecule has 0 radical (unpaired) electrons. The summed E-state index contributed by atoms with van der Waals surface area (Å²) in [5.74, 6) is -1.77. The molecule has 0 unspecified atom stereocenters. The molecule has 1 fully saturated rings. The second-order valence-corrected chi connectivity index (χ2v) is 12.6. The number of nitrogens with one attached hydrogen (secondary N) is 1. The Labute approximate surface area is 250 Å². The maximum absolute atomic E-state index is 14.0. The zero-order valence-corrected chi connectivity index (χ0v) is 24.7. The molecule has 41 heavy (non-hydrogen) atoms. The van der Waals surface area contributed by atoms with Crippen LogP contribution in [-0.2, 0) is 20.9 Å². The van der Waals surface area contributed by atoms with Gasteiger partial charge in [-0.3, -0.25) is 23.7 Å². The molecule has 4 aromatic rings. The van der Waals surface area contributed by atoms with E-state index in [2.05, 4.69) is 21.2 Å². The molecular formula is C29H22BrN3O6S2. The topological polar surface area (TPSA) is 118 Å². The molecule has 6 rings (SSSR count). The van der Waals surface area contributed by atoms with E-state index in [4.69, 9.17) is 4.74 Å². The van der Waals surface area contributed by atoms with Gasteiger partial charge in [-0.25, -0.2) is 4.90 Å². The molecule has 2 aliphatic rings. The van der Waals surface area contributed by atoms with E-state index in [1.807, 2.05) is 24.3 Å². The van der Waals surface area contributed by atoms with Crippen molar-refractivity contribution in [2.24, 2.45) is 5.92 Å². The smallest absolute Gasteiger partial charge is 0.308 e. The molecule has 3 atom stereocenters. The van der Waals surface area contributed by atoms with Crippen molar-refractivity contribution in [3.8, 4) is 11.5 Å². The first-order valence-corrected chi connectivity index (χ1v) is 15.0. The van der Waals surface area contributed by atoms with Gasteiger partial charge in [-0.05, 0) is 66.2 Å². The fourth-order valence-electron chi connectivity index (χ4n) is 5.16. The Balaban J connectivity index is 1.39. The summed E-state index contributed by atoms with van der Waals surface area (Å²) in [6, 6.07) is 20.2. The van der Waals surface area contributed by atoms with Crippen LogP contribution in [0.1, 0.15) is 16.4 Å². The molecular weight excluding hydrogens is 630 g/mol. The molecule has 0 saturated carbocycles. The van der Waals surface area contributed by atoms with Crippen molar-refractivity contribution in [2.45, 2.75) is 22.7 Å². The van der Waals surface area contributed by atoms with Gasteiger partial charge in [-0.1, -0.05) is 51.2 Å². The summed E-state index contributed by atoms with van der Waals surface area (Å²) in [6.07, 6.45) is 0. The number of aromatic hydroxyl groups is 1. The van der Waals surface area contributed by atoms with Gasteiger partial charge in [-0.15, -0.1) is 0 Å². The number of hydrogen-bond acceptors (Lipinski definition) is 8. The standard InChI is InChI=1S/C29H22BrN3O6S2/c1-39-20-12-8-18(9-13-20)33-26(36)23-22(15-2-4-16(30)5-3-15)25-28(40-24(23)27(33)37)32(29(38)41-25)14-21(35)31-17-6-10-19(34)11-7-17/h2-13,22-24,34H,14H2,1H3,(H,31,35)/t22-,23-,24+/m0/s1. The monoisotopic (exact) mass is 651 g/mol. The highest BCUT2D eigenvalue weighted by Gasteiger charge is 2.56. The number of methoxy groups -OCH3 is 1. The maximum atomic E-state index is 14.0. The first kappa shape index (κ1) is 27.3. The normalized spacial score (nSPS) is 19.6. The average Bonchev–Trinajstić information content (AvgIpc) is 3.41. The number of phenols is 1. The predicted octanol–water partition coefficient (Wildman–Crippen LogP) is 4.82. The number of imide groups is 1. The minimum absolute atomic E-state index is 0.0653. The van der Waals surface area contributed by atoms with Gasteiger partial charge in [0.05, 0.1) is 23.7 Å². The minimum atomic E-state index is -0.786. The Hall–Kier alpha value is -3.87. The molecule has 2 aliphatic heterocycles. The number of phenolic OH excluding ortho intramolecular Hbond substituents is 1. The summed E-state index contributed by atoms with van der Waals surface area (Å²) in [5, 5.41) is 12.0. The first-order valence-electron chi connectivity index (χ1n) is 12.5. The molecule has 3 amide bonds.